The Labute approximate surface area is 167 Å². The van der Waals surface area contributed by atoms with Crippen LogP contribution in [0.25, 0.3) is 0 Å². The molecule has 2 unspecified atom stereocenters. The molecule has 0 radical (unpaired) electrons. The van der Waals surface area contributed by atoms with Crippen LogP contribution >= 0.6 is 0 Å². The fourth-order valence-corrected chi connectivity index (χ4v) is 3.36. The Morgan fingerprint density at radius 1 is 1.24 bits per heavy atom. The lowest BCUT2D eigenvalue weighted by molar-refractivity contribution is -0.126. The van der Waals surface area contributed by atoms with Crippen molar-refractivity contribution in [3.63, 3.8) is 0 Å². The minimum atomic E-state index is -1.27. The van der Waals surface area contributed by atoms with Crippen molar-refractivity contribution in [2.45, 2.75) is 32.2 Å². The number of benzene rings is 2. The van der Waals surface area contributed by atoms with Crippen LogP contribution in [0.5, 0.6) is 0 Å². The van der Waals surface area contributed by atoms with Crippen LogP contribution < -0.4 is 10.2 Å². The molecule has 2 amide bonds. The van der Waals surface area contributed by atoms with E-state index in [1.807, 2.05) is 30.3 Å². The molecule has 1 heterocycles. The highest BCUT2D eigenvalue weighted by atomic mass is 19.1. The quantitative estimate of drug-likeness (QED) is 0.834. The van der Waals surface area contributed by atoms with Crippen molar-refractivity contribution in [3.8, 4) is 6.07 Å². The number of nitrogens with one attached hydrogen (secondary N) is 1. The SMILES string of the molecule is CC(C)c1cccc(N2CC(C(=O)NC(C#N)c3ccc(F)cc3F)CC2=O)c1. The van der Waals surface area contributed by atoms with Crippen molar-refractivity contribution in [1.29, 1.82) is 5.26 Å². The minimum Gasteiger partial charge on any atom is -0.336 e. The highest BCUT2D eigenvalue weighted by molar-refractivity contribution is 6.00. The number of carbonyl (C=O) groups excluding carboxylic acids is 2. The molecule has 0 aliphatic carbocycles. The molecule has 29 heavy (non-hydrogen) atoms. The maximum atomic E-state index is 14.0. The highest BCUT2D eigenvalue weighted by Crippen LogP contribution is 2.28. The van der Waals surface area contributed by atoms with E-state index in [-0.39, 0.29) is 24.4 Å². The van der Waals surface area contributed by atoms with Gasteiger partial charge in [-0.05, 0) is 29.7 Å². The van der Waals surface area contributed by atoms with Gasteiger partial charge in [0.05, 0.1) is 12.0 Å². The molecule has 3 rings (SSSR count). The zero-order chi connectivity index (χ0) is 21.1. The fraction of sp³-hybridized carbons (Fsp3) is 0.318. The first-order chi connectivity index (χ1) is 13.8. The molecule has 0 bridgehead atoms. The normalized spacial score (nSPS) is 17.3. The second-order valence-electron chi connectivity index (χ2n) is 7.39. The van der Waals surface area contributed by atoms with E-state index < -0.39 is 29.5 Å². The van der Waals surface area contributed by atoms with Crippen molar-refractivity contribution in [2.24, 2.45) is 5.92 Å². The van der Waals surface area contributed by atoms with Crippen molar-refractivity contribution in [3.05, 3.63) is 65.2 Å². The van der Waals surface area contributed by atoms with E-state index in [2.05, 4.69) is 19.2 Å². The Morgan fingerprint density at radius 2 is 2.00 bits per heavy atom. The fourth-order valence-electron chi connectivity index (χ4n) is 3.36. The molecule has 150 valence electrons. The summed E-state index contributed by atoms with van der Waals surface area (Å²) in [5, 5.41) is 11.8. The van der Waals surface area contributed by atoms with E-state index >= 15 is 0 Å². The van der Waals surface area contributed by atoms with Crippen molar-refractivity contribution in [1.82, 2.24) is 5.32 Å². The number of carbonyl (C=O) groups is 2. The van der Waals surface area contributed by atoms with Gasteiger partial charge in [-0.1, -0.05) is 32.0 Å². The van der Waals surface area contributed by atoms with Crippen LogP contribution in [0.15, 0.2) is 42.5 Å². The zero-order valence-electron chi connectivity index (χ0n) is 16.2. The smallest absolute Gasteiger partial charge is 0.227 e. The van der Waals surface area contributed by atoms with Gasteiger partial charge < -0.3 is 10.2 Å². The Bertz CT molecular complexity index is 984. The number of rotatable bonds is 5. The summed E-state index contributed by atoms with van der Waals surface area (Å²) >= 11 is 0. The summed E-state index contributed by atoms with van der Waals surface area (Å²) in [5.41, 5.74) is 1.69. The molecule has 1 aliphatic heterocycles. The summed E-state index contributed by atoms with van der Waals surface area (Å²) in [5.74, 6) is -2.75. The molecule has 1 N–H and O–H groups in total. The van der Waals surface area contributed by atoms with E-state index in [0.29, 0.717) is 12.0 Å². The van der Waals surface area contributed by atoms with Crippen LogP contribution in [-0.2, 0) is 9.59 Å². The van der Waals surface area contributed by atoms with Crippen LogP contribution in [0.3, 0.4) is 0 Å². The van der Waals surface area contributed by atoms with Crippen LogP contribution in [0.4, 0.5) is 14.5 Å². The van der Waals surface area contributed by atoms with Gasteiger partial charge in [0.1, 0.15) is 17.7 Å². The van der Waals surface area contributed by atoms with Gasteiger partial charge in [-0.3, -0.25) is 9.59 Å². The van der Waals surface area contributed by atoms with Crippen molar-refractivity contribution >= 4 is 17.5 Å². The molecule has 0 spiro atoms. The van der Waals surface area contributed by atoms with Gasteiger partial charge in [-0.15, -0.1) is 0 Å². The molecule has 7 heteroatoms. The third-order valence-electron chi connectivity index (χ3n) is 5.03. The summed E-state index contributed by atoms with van der Waals surface area (Å²) in [7, 11) is 0. The van der Waals surface area contributed by atoms with E-state index in [9.17, 15) is 23.6 Å². The number of halogens is 2. The first-order valence-corrected chi connectivity index (χ1v) is 9.35. The van der Waals surface area contributed by atoms with Gasteiger partial charge in [0.2, 0.25) is 11.8 Å². The lowest BCUT2D eigenvalue weighted by Gasteiger charge is -2.19. The largest absolute Gasteiger partial charge is 0.336 e. The first-order valence-electron chi connectivity index (χ1n) is 9.35. The Morgan fingerprint density at radius 3 is 2.66 bits per heavy atom. The predicted octanol–water partition coefficient (Wildman–Crippen LogP) is 3.82. The van der Waals surface area contributed by atoms with Crippen LogP contribution in [0, 0.1) is 28.9 Å². The Hall–Kier alpha value is -3.27. The van der Waals surface area contributed by atoms with Gasteiger partial charge in [0, 0.05) is 30.3 Å². The summed E-state index contributed by atoms with van der Waals surface area (Å²) in [6.45, 7) is 4.28. The first kappa shape index (κ1) is 20.5. The zero-order valence-corrected chi connectivity index (χ0v) is 16.2. The molecule has 2 atom stereocenters. The highest BCUT2D eigenvalue weighted by Gasteiger charge is 2.36. The molecular formula is C22H21F2N3O2. The van der Waals surface area contributed by atoms with E-state index in [1.165, 1.54) is 0 Å². The third-order valence-corrected chi connectivity index (χ3v) is 5.03. The molecule has 5 nitrogen and oxygen atoms in total. The topological polar surface area (TPSA) is 73.2 Å². The number of hydrogen-bond donors (Lipinski definition) is 1. The van der Waals surface area contributed by atoms with Crippen LogP contribution in [0.2, 0.25) is 0 Å². The summed E-state index contributed by atoms with van der Waals surface area (Å²) in [6.07, 6.45) is 0.00177. The molecule has 0 saturated carbocycles. The number of anilines is 1. The summed E-state index contributed by atoms with van der Waals surface area (Å²) < 4.78 is 27.1. The van der Waals surface area contributed by atoms with E-state index in [0.717, 1.165) is 23.4 Å². The second-order valence-corrected chi connectivity index (χ2v) is 7.39. The molecule has 1 saturated heterocycles. The molecule has 1 fully saturated rings. The molecular weight excluding hydrogens is 376 g/mol. The minimum absolute atomic E-state index is 0.00177. The summed E-state index contributed by atoms with van der Waals surface area (Å²) in [6, 6.07) is 11.0. The standard InChI is InChI=1S/C22H21F2N3O2/c1-13(2)14-4-3-5-17(8-14)27-12-15(9-21(27)28)22(29)26-20(11-25)18-7-6-16(23)10-19(18)24/h3-8,10,13,15,20H,9,12H2,1-2H3,(H,26,29). The van der Waals surface area contributed by atoms with Crippen LogP contribution in [-0.4, -0.2) is 18.4 Å². The van der Waals surface area contributed by atoms with Gasteiger partial charge >= 0.3 is 0 Å². The lowest BCUT2D eigenvalue weighted by atomic mass is 10.0. The molecule has 1 aliphatic rings. The van der Waals surface area contributed by atoms with Gasteiger partial charge in [0.25, 0.3) is 0 Å². The van der Waals surface area contributed by atoms with E-state index in [1.54, 1.807) is 4.90 Å². The molecule has 0 aromatic heterocycles. The number of nitrogens with zero attached hydrogens (tertiary/aromatic N) is 2. The monoisotopic (exact) mass is 397 g/mol. The number of nitriles is 1. The third kappa shape index (κ3) is 4.43. The number of hydrogen-bond acceptors (Lipinski definition) is 3. The Balaban J connectivity index is 1.73. The average molecular weight is 397 g/mol. The van der Waals surface area contributed by atoms with Gasteiger partial charge in [-0.2, -0.15) is 5.26 Å². The van der Waals surface area contributed by atoms with Gasteiger partial charge in [0.15, 0.2) is 0 Å². The second kappa shape index (κ2) is 8.39. The van der Waals surface area contributed by atoms with Crippen molar-refractivity contribution in [2.75, 3.05) is 11.4 Å². The maximum absolute atomic E-state index is 14.0. The Kier molecular flexibility index (Phi) is 5.92. The molecule has 2 aromatic carbocycles. The lowest BCUT2D eigenvalue weighted by Crippen LogP contribution is -2.35. The van der Waals surface area contributed by atoms with Crippen LogP contribution in [0.1, 0.15) is 43.4 Å². The van der Waals surface area contributed by atoms with E-state index in [4.69, 9.17) is 0 Å². The van der Waals surface area contributed by atoms with Crippen molar-refractivity contribution < 1.29 is 18.4 Å². The summed E-state index contributed by atoms with van der Waals surface area (Å²) in [4.78, 5) is 26.6. The maximum Gasteiger partial charge on any atom is 0.227 e. The average Bonchev–Trinajstić information content (AvgIpc) is 3.08. The van der Waals surface area contributed by atoms with Gasteiger partial charge in [-0.25, -0.2) is 8.78 Å². The predicted molar refractivity (Wildman–Crippen MR) is 104 cm³/mol. The number of amides is 2. The molecule has 2 aromatic rings.